The molecule has 26 heavy (non-hydrogen) atoms. The number of hydrogen-bond donors (Lipinski definition) is 8. The first-order valence-electron chi connectivity index (χ1n) is 7.16. The van der Waals surface area contributed by atoms with E-state index in [9.17, 15) is 29.4 Å². The van der Waals surface area contributed by atoms with Gasteiger partial charge < -0.3 is 61.1 Å². The maximum Gasteiger partial charge on any atom is 0.335 e. The number of carbonyl (C=O) groups is 4. The van der Waals surface area contributed by atoms with Crippen LogP contribution in [0.5, 0.6) is 0 Å². The minimum atomic E-state index is -2.38. The lowest BCUT2D eigenvalue weighted by atomic mass is 10.2. The zero-order valence-corrected chi connectivity index (χ0v) is 13.4. The molecule has 4 atom stereocenters. The molecule has 0 aliphatic carbocycles. The molecular formula is C12H22N2O12. The lowest BCUT2D eigenvalue weighted by Gasteiger charge is -2.13. The number of aliphatic carboxylic acids is 4. The molecule has 0 aromatic rings. The monoisotopic (exact) mass is 386 g/mol. The summed E-state index contributed by atoms with van der Waals surface area (Å²) in [5, 5.41) is 73.0. The van der Waals surface area contributed by atoms with Crippen LogP contribution in [0.3, 0.4) is 0 Å². The van der Waals surface area contributed by atoms with E-state index in [2.05, 4.69) is 10.6 Å². The average molecular weight is 386 g/mol. The largest absolute Gasteiger partial charge is 0.547 e. The number of nitrogens with two attached hydrogens (primary N) is 2. The van der Waals surface area contributed by atoms with Crippen molar-refractivity contribution in [2.24, 2.45) is 0 Å². The number of quaternary nitrogens is 2. The highest BCUT2D eigenvalue weighted by molar-refractivity contribution is 5.82. The summed E-state index contributed by atoms with van der Waals surface area (Å²) in [5.41, 5.74) is 0. The summed E-state index contributed by atoms with van der Waals surface area (Å²) in [6.45, 7) is 5.28. The molecule has 0 amide bonds. The minimum absolute atomic E-state index is 1.32. The lowest BCUT2D eigenvalue weighted by molar-refractivity contribution is -0.787. The molecule has 0 bridgehead atoms. The summed E-state index contributed by atoms with van der Waals surface area (Å²) in [5.74, 6) is -7.65. The van der Waals surface area contributed by atoms with E-state index < -0.39 is 48.3 Å². The maximum atomic E-state index is 9.74. The molecule has 0 unspecified atom stereocenters. The zero-order valence-electron chi connectivity index (χ0n) is 13.4. The van der Waals surface area contributed by atoms with Crippen LogP contribution in [-0.4, -0.2) is 105 Å². The lowest BCUT2D eigenvalue weighted by Crippen LogP contribution is -3.04. The van der Waals surface area contributed by atoms with Crippen LogP contribution in [0.1, 0.15) is 0 Å². The fourth-order valence-corrected chi connectivity index (χ4v) is 1.29. The van der Waals surface area contributed by atoms with Gasteiger partial charge in [0.1, 0.15) is 38.4 Å². The van der Waals surface area contributed by atoms with Crippen LogP contribution in [0.25, 0.3) is 0 Å². The molecule has 1 heterocycles. The quantitative estimate of drug-likeness (QED) is 0.211. The van der Waals surface area contributed by atoms with Gasteiger partial charge in [-0.1, -0.05) is 0 Å². The van der Waals surface area contributed by atoms with Gasteiger partial charge in [-0.2, -0.15) is 0 Å². The third-order valence-corrected chi connectivity index (χ3v) is 2.74. The zero-order chi connectivity index (χ0) is 20.9. The Morgan fingerprint density at radius 3 is 0.923 bits per heavy atom. The van der Waals surface area contributed by atoms with E-state index in [1.165, 1.54) is 26.2 Å². The third-order valence-electron chi connectivity index (χ3n) is 2.74. The predicted molar refractivity (Wildman–Crippen MR) is 72.6 cm³/mol. The van der Waals surface area contributed by atoms with Gasteiger partial charge in [0.05, 0.1) is 11.9 Å². The molecule has 14 heteroatoms. The topological polar surface area (TPSA) is 269 Å². The van der Waals surface area contributed by atoms with Gasteiger partial charge in [0, 0.05) is 0 Å². The number of rotatable bonds is 6. The first-order valence-corrected chi connectivity index (χ1v) is 7.16. The van der Waals surface area contributed by atoms with Gasteiger partial charge in [-0.05, 0) is 0 Å². The van der Waals surface area contributed by atoms with E-state index in [0.717, 1.165) is 0 Å². The molecular weight excluding hydrogens is 364 g/mol. The molecule has 1 fully saturated rings. The smallest absolute Gasteiger partial charge is 0.335 e. The Balaban J connectivity index is 0. The molecule has 1 aliphatic heterocycles. The van der Waals surface area contributed by atoms with Crippen molar-refractivity contribution in [1.29, 1.82) is 0 Å². The van der Waals surface area contributed by atoms with Gasteiger partial charge in [-0.15, -0.1) is 0 Å². The van der Waals surface area contributed by atoms with Crippen molar-refractivity contribution in [3.8, 4) is 0 Å². The molecule has 14 nitrogen and oxygen atoms in total. The molecule has 1 aliphatic rings. The second-order valence-electron chi connectivity index (χ2n) is 4.83. The van der Waals surface area contributed by atoms with Crippen LogP contribution in [0.4, 0.5) is 0 Å². The summed E-state index contributed by atoms with van der Waals surface area (Å²) in [6, 6.07) is 0. The number of piperazine rings is 1. The van der Waals surface area contributed by atoms with Crippen molar-refractivity contribution < 1.29 is 70.7 Å². The Kier molecular flexibility index (Phi) is 13.8. The summed E-state index contributed by atoms with van der Waals surface area (Å²) in [4.78, 5) is 38.8. The molecule has 0 spiro atoms. The molecule has 0 aromatic heterocycles. The maximum absolute atomic E-state index is 9.74. The highest BCUT2D eigenvalue weighted by atomic mass is 16.4. The summed E-state index contributed by atoms with van der Waals surface area (Å²) in [6.07, 6.45) is -9.41. The highest BCUT2D eigenvalue weighted by Gasteiger charge is 2.24. The predicted octanol–water partition coefficient (Wildman–Crippen LogP) is -9.79. The average Bonchev–Trinajstić information content (AvgIpc) is 2.61. The Bertz CT molecular complexity index is 384. The van der Waals surface area contributed by atoms with Crippen molar-refractivity contribution in [2.75, 3.05) is 26.2 Å². The van der Waals surface area contributed by atoms with Crippen LogP contribution in [0, 0.1) is 0 Å². The van der Waals surface area contributed by atoms with Gasteiger partial charge in [0.15, 0.2) is 12.2 Å². The Hall–Kier alpha value is -2.36. The molecule has 152 valence electrons. The van der Waals surface area contributed by atoms with Gasteiger partial charge in [0.2, 0.25) is 0 Å². The Morgan fingerprint density at radius 2 is 0.846 bits per heavy atom. The van der Waals surface area contributed by atoms with Gasteiger partial charge in [-0.3, -0.25) is 0 Å². The highest BCUT2D eigenvalue weighted by Crippen LogP contribution is 1.91. The SMILES string of the molecule is C1C[NH2+]CC[NH2+]1.O=C([O-])[C@@H](O)[C@H](O)C(=O)O.O=C([O-])[C@H](O)[C@@H](O)C(=O)O. The van der Waals surface area contributed by atoms with Crippen molar-refractivity contribution in [2.45, 2.75) is 24.4 Å². The van der Waals surface area contributed by atoms with Crippen molar-refractivity contribution in [1.82, 2.24) is 0 Å². The molecule has 0 radical (unpaired) electrons. The van der Waals surface area contributed by atoms with Crippen LogP contribution in [0.2, 0.25) is 0 Å². The number of aliphatic hydroxyl groups excluding tert-OH is 4. The molecule has 0 saturated carbocycles. The molecule has 10 N–H and O–H groups in total. The van der Waals surface area contributed by atoms with Crippen LogP contribution in [-0.2, 0) is 19.2 Å². The number of carboxylic acid groups (broad SMARTS) is 4. The van der Waals surface area contributed by atoms with Crippen molar-refractivity contribution >= 4 is 23.9 Å². The van der Waals surface area contributed by atoms with Crippen molar-refractivity contribution in [3.63, 3.8) is 0 Å². The van der Waals surface area contributed by atoms with E-state index in [1.807, 2.05) is 0 Å². The normalized spacial score (nSPS) is 17.7. The van der Waals surface area contributed by atoms with E-state index in [0.29, 0.717) is 0 Å². The molecule has 1 saturated heterocycles. The first-order chi connectivity index (χ1) is 11.9. The van der Waals surface area contributed by atoms with Gasteiger partial charge in [0.25, 0.3) is 0 Å². The number of hydrogen-bond acceptors (Lipinski definition) is 10. The first kappa shape index (κ1) is 25.9. The van der Waals surface area contributed by atoms with Crippen molar-refractivity contribution in [3.05, 3.63) is 0 Å². The minimum Gasteiger partial charge on any atom is -0.547 e. The Morgan fingerprint density at radius 1 is 0.615 bits per heavy atom. The van der Waals surface area contributed by atoms with Crippen LogP contribution >= 0.6 is 0 Å². The number of carboxylic acids is 4. The Labute approximate surface area is 146 Å². The van der Waals surface area contributed by atoms with E-state index >= 15 is 0 Å². The molecule has 1 rings (SSSR count). The standard InChI is InChI=1S/C4H10N2.2C4H6O6/c1-2-6-4-3-5-1;2*5-1(3(7)8)2(6)4(9)10/h5-6H,1-4H2;2*1-2,5-6H,(H,7,8)(H,9,10)/t;2*1-,2-/m.10/s1. The summed E-state index contributed by atoms with van der Waals surface area (Å²) >= 11 is 0. The van der Waals surface area contributed by atoms with Gasteiger partial charge in [-0.25, -0.2) is 9.59 Å². The van der Waals surface area contributed by atoms with E-state index in [-0.39, 0.29) is 0 Å². The van der Waals surface area contributed by atoms with Crippen LogP contribution in [0.15, 0.2) is 0 Å². The van der Waals surface area contributed by atoms with Gasteiger partial charge >= 0.3 is 11.9 Å². The summed E-state index contributed by atoms with van der Waals surface area (Å²) < 4.78 is 0. The summed E-state index contributed by atoms with van der Waals surface area (Å²) in [7, 11) is 0. The third kappa shape index (κ3) is 12.1. The number of aliphatic hydroxyl groups is 4. The fourth-order valence-electron chi connectivity index (χ4n) is 1.29. The van der Waals surface area contributed by atoms with E-state index in [4.69, 9.17) is 30.6 Å². The number of carbonyl (C=O) groups excluding carboxylic acids is 2. The molecule has 0 aromatic carbocycles. The second kappa shape index (κ2) is 13.9. The fraction of sp³-hybridized carbons (Fsp3) is 0.667. The second-order valence-corrected chi connectivity index (χ2v) is 4.83. The van der Waals surface area contributed by atoms with Crippen LogP contribution < -0.4 is 20.8 Å². The van der Waals surface area contributed by atoms with E-state index in [1.54, 1.807) is 0 Å².